The number of halogens is 1. The van der Waals surface area contributed by atoms with Crippen LogP contribution in [0, 0.1) is 12.3 Å². The van der Waals surface area contributed by atoms with Gasteiger partial charge in [0.25, 0.3) is 5.91 Å². The van der Waals surface area contributed by atoms with Gasteiger partial charge in [-0.2, -0.15) is 0 Å². The Balaban J connectivity index is 0.00000312. The summed E-state index contributed by atoms with van der Waals surface area (Å²) >= 11 is 0. The molecule has 1 amide bonds. The second-order valence-electron chi connectivity index (χ2n) is 6.81. The van der Waals surface area contributed by atoms with Crippen molar-refractivity contribution >= 4 is 18.3 Å². The predicted molar refractivity (Wildman–Crippen MR) is 100 cm³/mol. The summed E-state index contributed by atoms with van der Waals surface area (Å²) in [6.07, 6.45) is 4.56. The maximum absolute atomic E-state index is 12.5. The first-order chi connectivity index (χ1) is 11.6. The van der Waals surface area contributed by atoms with Gasteiger partial charge in [-0.05, 0) is 57.5 Å². The number of nitrogens with zero attached hydrogens (tertiary/aromatic N) is 3. The number of nitrogens with one attached hydrogen (secondary N) is 2. The standard InChI is InChI=1S/C17H31N5O2.ClH/c1-4-17(5-2,8-11-23)12-19-16(24)15-13(3)22(21-20-15)14-6-9-18-10-7-14;/h14,18,23H,4-12H2,1-3H3,(H,19,24);1H. The van der Waals surface area contributed by atoms with Gasteiger partial charge in [0.05, 0.1) is 11.7 Å². The first-order valence-electron chi connectivity index (χ1n) is 9.08. The SMILES string of the molecule is CCC(CC)(CCO)CNC(=O)c1nnn(C2CCNCC2)c1C.Cl. The van der Waals surface area contributed by atoms with E-state index in [-0.39, 0.29) is 30.3 Å². The summed E-state index contributed by atoms with van der Waals surface area (Å²) in [5.41, 5.74) is 1.20. The normalized spacial score (nSPS) is 15.7. The zero-order chi connectivity index (χ0) is 17.6. The highest BCUT2D eigenvalue weighted by atomic mass is 35.5. The number of hydrogen-bond acceptors (Lipinski definition) is 5. The number of carbonyl (C=O) groups excluding carboxylic acids is 1. The number of carbonyl (C=O) groups is 1. The van der Waals surface area contributed by atoms with E-state index < -0.39 is 0 Å². The molecule has 0 aromatic carbocycles. The van der Waals surface area contributed by atoms with Crippen LogP contribution in [0.5, 0.6) is 0 Å². The van der Waals surface area contributed by atoms with E-state index in [4.69, 9.17) is 0 Å². The zero-order valence-electron chi connectivity index (χ0n) is 15.5. The van der Waals surface area contributed by atoms with E-state index in [0.29, 0.717) is 24.7 Å². The topological polar surface area (TPSA) is 92.1 Å². The molecular formula is C17H32ClN5O2. The Morgan fingerprint density at radius 2 is 2.00 bits per heavy atom. The number of amides is 1. The van der Waals surface area contributed by atoms with Crippen LogP contribution in [-0.4, -0.2) is 52.2 Å². The van der Waals surface area contributed by atoms with Gasteiger partial charge in [0, 0.05) is 13.2 Å². The maximum atomic E-state index is 12.5. The van der Waals surface area contributed by atoms with E-state index in [1.807, 2.05) is 11.6 Å². The first kappa shape index (κ1) is 21.9. The summed E-state index contributed by atoms with van der Waals surface area (Å²) in [4.78, 5) is 12.5. The van der Waals surface area contributed by atoms with Gasteiger partial charge < -0.3 is 15.7 Å². The molecule has 3 N–H and O–H groups in total. The Morgan fingerprint density at radius 1 is 1.36 bits per heavy atom. The quantitative estimate of drug-likeness (QED) is 0.646. The minimum atomic E-state index is -0.170. The van der Waals surface area contributed by atoms with Crippen LogP contribution >= 0.6 is 12.4 Å². The monoisotopic (exact) mass is 373 g/mol. The van der Waals surface area contributed by atoms with Crippen molar-refractivity contribution in [2.75, 3.05) is 26.2 Å². The predicted octanol–water partition coefficient (Wildman–Crippen LogP) is 1.85. The molecule has 7 nitrogen and oxygen atoms in total. The molecule has 2 heterocycles. The lowest BCUT2D eigenvalue weighted by molar-refractivity contribution is 0.0901. The van der Waals surface area contributed by atoms with Crippen molar-refractivity contribution in [3.05, 3.63) is 11.4 Å². The summed E-state index contributed by atoms with van der Waals surface area (Å²) in [5.74, 6) is -0.170. The number of hydrogen-bond donors (Lipinski definition) is 3. The lowest BCUT2D eigenvalue weighted by Crippen LogP contribution is -2.38. The van der Waals surface area contributed by atoms with Crippen LogP contribution in [-0.2, 0) is 0 Å². The maximum Gasteiger partial charge on any atom is 0.273 e. The molecular weight excluding hydrogens is 342 g/mol. The highest BCUT2D eigenvalue weighted by molar-refractivity contribution is 5.93. The summed E-state index contributed by atoms with van der Waals surface area (Å²) in [5, 5.41) is 24.0. The molecule has 8 heteroatoms. The van der Waals surface area contributed by atoms with Gasteiger partial charge in [0.2, 0.25) is 0 Å². The lowest BCUT2D eigenvalue weighted by Gasteiger charge is -2.31. The van der Waals surface area contributed by atoms with Crippen molar-refractivity contribution in [2.45, 2.75) is 58.9 Å². The van der Waals surface area contributed by atoms with E-state index >= 15 is 0 Å². The molecule has 0 atom stereocenters. The average molecular weight is 374 g/mol. The number of aliphatic hydroxyl groups is 1. The van der Waals surface area contributed by atoms with Gasteiger partial charge in [-0.3, -0.25) is 4.79 Å². The summed E-state index contributed by atoms with van der Waals surface area (Å²) < 4.78 is 1.90. The van der Waals surface area contributed by atoms with Crippen LogP contribution < -0.4 is 10.6 Å². The molecule has 0 aliphatic carbocycles. The summed E-state index contributed by atoms with van der Waals surface area (Å²) in [6.45, 7) is 8.76. The van der Waals surface area contributed by atoms with E-state index in [9.17, 15) is 9.90 Å². The van der Waals surface area contributed by atoms with Gasteiger partial charge in [-0.1, -0.05) is 19.1 Å². The third-order valence-electron chi connectivity index (χ3n) is 5.56. The molecule has 1 fully saturated rings. The fourth-order valence-electron chi connectivity index (χ4n) is 3.48. The van der Waals surface area contributed by atoms with E-state index in [2.05, 4.69) is 34.8 Å². The fraction of sp³-hybridized carbons (Fsp3) is 0.824. The Bertz CT molecular complexity index is 539. The molecule has 0 saturated carbocycles. The zero-order valence-corrected chi connectivity index (χ0v) is 16.4. The van der Waals surface area contributed by atoms with Crippen molar-refractivity contribution in [1.82, 2.24) is 25.6 Å². The van der Waals surface area contributed by atoms with E-state index in [0.717, 1.165) is 44.5 Å². The Kier molecular flexibility index (Phi) is 8.82. The molecule has 1 aromatic rings. The molecule has 0 radical (unpaired) electrons. The summed E-state index contributed by atoms with van der Waals surface area (Å²) in [6, 6.07) is 0.320. The number of aromatic nitrogens is 3. The van der Waals surface area contributed by atoms with E-state index in [1.165, 1.54) is 0 Å². The molecule has 2 rings (SSSR count). The van der Waals surface area contributed by atoms with Gasteiger partial charge >= 0.3 is 0 Å². The van der Waals surface area contributed by atoms with Crippen molar-refractivity contribution in [3.8, 4) is 0 Å². The molecule has 1 aliphatic heterocycles. The van der Waals surface area contributed by atoms with Crippen molar-refractivity contribution in [2.24, 2.45) is 5.41 Å². The molecule has 0 bridgehead atoms. The smallest absolute Gasteiger partial charge is 0.273 e. The minimum absolute atomic E-state index is 0. The van der Waals surface area contributed by atoms with Crippen LogP contribution in [0.15, 0.2) is 0 Å². The Morgan fingerprint density at radius 3 is 2.56 bits per heavy atom. The van der Waals surface area contributed by atoms with Crippen molar-refractivity contribution in [1.29, 1.82) is 0 Å². The van der Waals surface area contributed by atoms with E-state index in [1.54, 1.807) is 0 Å². The second-order valence-corrected chi connectivity index (χ2v) is 6.81. The van der Waals surface area contributed by atoms with Gasteiger partial charge in [0.1, 0.15) is 0 Å². The first-order valence-corrected chi connectivity index (χ1v) is 9.08. The average Bonchev–Trinajstić information content (AvgIpc) is 3.01. The van der Waals surface area contributed by atoms with Gasteiger partial charge in [-0.25, -0.2) is 4.68 Å². The highest BCUT2D eigenvalue weighted by Gasteiger charge is 2.28. The van der Waals surface area contributed by atoms with Gasteiger partial charge in [-0.15, -0.1) is 17.5 Å². The van der Waals surface area contributed by atoms with Crippen LogP contribution in [0.4, 0.5) is 0 Å². The molecule has 25 heavy (non-hydrogen) atoms. The molecule has 0 unspecified atom stereocenters. The van der Waals surface area contributed by atoms with Crippen LogP contribution in [0.2, 0.25) is 0 Å². The van der Waals surface area contributed by atoms with Gasteiger partial charge in [0.15, 0.2) is 5.69 Å². The molecule has 144 valence electrons. The number of aliphatic hydroxyl groups excluding tert-OH is 1. The third-order valence-corrected chi connectivity index (χ3v) is 5.56. The second kappa shape index (κ2) is 10.1. The molecule has 1 aromatic heterocycles. The molecule has 1 saturated heterocycles. The van der Waals surface area contributed by atoms with Crippen molar-refractivity contribution in [3.63, 3.8) is 0 Å². The fourth-order valence-corrected chi connectivity index (χ4v) is 3.48. The van der Waals surface area contributed by atoms with Crippen LogP contribution in [0.25, 0.3) is 0 Å². The van der Waals surface area contributed by atoms with Crippen LogP contribution in [0.3, 0.4) is 0 Å². The molecule has 1 aliphatic rings. The molecule has 0 spiro atoms. The Labute approximate surface area is 156 Å². The number of rotatable bonds is 8. The summed E-state index contributed by atoms with van der Waals surface area (Å²) in [7, 11) is 0. The number of piperidine rings is 1. The largest absolute Gasteiger partial charge is 0.396 e. The Hall–Kier alpha value is -1.18. The van der Waals surface area contributed by atoms with Crippen molar-refractivity contribution < 1.29 is 9.90 Å². The minimum Gasteiger partial charge on any atom is -0.396 e. The highest BCUT2D eigenvalue weighted by Crippen LogP contribution is 2.29. The van der Waals surface area contributed by atoms with Crippen LogP contribution in [0.1, 0.15) is 68.2 Å². The third kappa shape index (κ3) is 5.15. The lowest BCUT2D eigenvalue weighted by atomic mass is 9.79.